The van der Waals surface area contributed by atoms with E-state index in [2.05, 4.69) is 27.7 Å². The third kappa shape index (κ3) is 31.2. The highest BCUT2D eigenvalue weighted by Crippen LogP contribution is 2.12. The average molecular weight is 374 g/mol. The molecule has 0 aromatic carbocycles. The first-order valence-electron chi connectivity index (χ1n) is 10.8. The van der Waals surface area contributed by atoms with E-state index in [1.165, 1.54) is 70.6 Å². The minimum absolute atomic E-state index is 0.0361. The molecule has 0 amide bonds. The smallest absolute Gasteiger partial charge is 0.300 e. The fourth-order valence-corrected chi connectivity index (χ4v) is 2.75. The van der Waals surface area contributed by atoms with Crippen molar-refractivity contribution in [1.29, 1.82) is 0 Å². The van der Waals surface area contributed by atoms with Crippen molar-refractivity contribution in [2.75, 3.05) is 6.61 Å². The van der Waals surface area contributed by atoms with Crippen molar-refractivity contribution in [2.24, 2.45) is 17.6 Å². The van der Waals surface area contributed by atoms with Crippen molar-refractivity contribution in [3.05, 3.63) is 0 Å². The molecule has 0 radical (unpaired) electrons. The fourth-order valence-electron chi connectivity index (χ4n) is 2.75. The quantitative estimate of drug-likeness (QED) is 0.243. The molecule has 0 aromatic heterocycles. The summed E-state index contributed by atoms with van der Waals surface area (Å²) in [7, 11) is 0. The normalized spacial score (nSPS) is 12.2. The zero-order valence-electron chi connectivity index (χ0n) is 18.3. The Kier molecular flexibility index (Phi) is 22.0. The Morgan fingerprint density at radius 2 is 1.12 bits per heavy atom. The number of carbonyl (C=O) groups is 1. The third-order valence-electron chi connectivity index (χ3n) is 4.28. The highest BCUT2D eigenvalue weighted by molar-refractivity contribution is 5.62. The second kappa shape index (κ2) is 20.7. The van der Waals surface area contributed by atoms with Crippen LogP contribution in [-0.4, -0.2) is 23.9 Å². The Morgan fingerprint density at radius 1 is 0.769 bits per heavy atom. The van der Waals surface area contributed by atoms with Gasteiger partial charge in [0.15, 0.2) is 0 Å². The Morgan fingerprint density at radius 3 is 1.54 bits per heavy atom. The molecule has 158 valence electrons. The van der Waals surface area contributed by atoms with E-state index in [4.69, 9.17) is 20.4 Å². The van der Waals surface area contributed by atoms with Crippen LogP contribution in [0.3, 0.4) is 0 Å². The average Bonchev–Trinajstić information content (AvgIpc) is 2.52. The van der Waals surface area contributed by atoms with Crippen LogP contribution in [-0.2, 0) is 9.53 Å². The standard InChI is InChI=1S/C20H43NO.C2H4O2/c1-18(2)14-10-6-5-9-13-17-22-20(21)16-12-8-7-11-15-19(3)4;1-2(3)4/h18-20H,5-17,21H2,1-4H3;1H3,(H,3,4). The summed E-state index contributed by atoms with van der Waals surface area (Å²) in [6, 6.07) is 0. The SMILES string of the molecule is CC(=O)O.CC(C)CCCCCCCOC(N)CCCCCCC(C)C. The van der Waals surface area contributed by atoms with Crippen LogP contribution in [0.1, 0.15) is 112 Å². The van der Waals surface area contributed by atoms with Gasteiger partial charge in [0.05, 0.1) is 0 Å². The van der Waals surface area contributed by atoms with Crippen molar-refractivity contribution in [2.45, 2.75) is 118 Å². The van der Waals surface area contributed by atoms with Gasteiger partial charge < -0.3 is 15.6 Å². The zero-order chi connectivity index (χ0) is 20.2. The molecule has 0 bridgehead atoms. The number of unbranched alkanes of at least 4 members (excludes halogenated alkanes) is 7. The summed E-state index contributed by atoms with van der Waals surface area (Å²) in [6.07, 6.45) is 15.5. The zero-order valence-corrected chi connectivity index (χ0v) is 18.3. The Bertz CT molecular complexity index is 289. The summed E-state index contributed by atoms with van der Waals surface area (Å²) >= 11 is 0. The van der Waals surface area contributed by atoms with Crippen molar-refractivity contribution in [3.63, 3.8) is 0 Å². The van der Waals surface area contributed by atoms with Gasteiger partial charge in [-0.2, -0.15) is 0 Å². The second-order valence-electron chi connectivity index (χ2n) is 8.26. The van der Waals surface area contributed by atoms with Crippen LogP contribution in [0.15, 0.2) is 0 Å². The maximum atomic E-state index is 9.00. The number of nitrogens with two attached hydrogens (primary N) is 1. The van der Waals surface area contributed by atoms with Gasteiger partial charge in [0.2, 0.25) is 0 Å². The molecule has 0 saturated carbocycles. The maximum Gasteiger partial charge on any atom is 0.300 e. The first-order chi connectivity index (χ1) is 12.3. The molecule has 0 fully saturated rings. The van der Waals surface area contributed by atoms with Crippen molar-refractivity contribution in [1.82, 2.24) is 0 Å². The third-order valence-corrected chi connectivity index (χ3v) is 4.28. The summed E-state index contributed by atoms with van der Waals surface area (Å²) in [5.41, 5.74) is 6.01. The molecule has 0 rings (SSSR count). The Labute approximate surface area is 163 Å². The number of aliphatic carboxylic acids is 1. The lowest BCUT2D eigenvalue weighted by molar-refractivity contribution is -0.134. The molecular formula is C22H47NO3. The molecule has 0 aromatic rings. The van der Waals surface area contributed by atoms with Crippen LogP contribution in [0.4, 0.5) is 0 Å². The molecule has 26 heavy (non-hydrogen) atoms. The van der Waals surface area contributed by atoms with E-state index < -0.39 is 5.97 Å². The van der Waals surface area contributed by atoms with E-state index in [1.54, 1.807) is 0 Å². The predicted octanol–water partition coefficient (Wildman–Crippen LogP) is 6.37. The van der Waals surface area contributed by atoms with E-state index in [-0.39, 0.29) is 6.23 Å². The number of carboxylic acids is 1. The lowest BCUT2D eigenvalue weighted by Crippen LogP contribution is -2.24. The molecule has 4 heteroatoms. The largest absolute Gasteiger partial charge is 0.481 e. The summed E-state index contributed by atoms with van der Waals surface area (Å²) in [5, 5.41) is 7.42. The van der Waals surface area contributed by atoms with Gasteiger partial charge in [0.1, 0.15) is 6.23 Å². The van der Waals surface area contributed by atoms with E-state index in [0.29, 0.717) is 0 Å². The first-order valence-corrected chi connectivity index (χ1v) is 10.8. The van der Waals surface area contributed by atoms with Crippen molar-refractivity contribution in [3.8, 4) is 0 Å². The summed E-state index contributed by atoms with van der Waals surface area (Å²) in [4.78, 5) is 9.00. The van der Waals surface area contributed by atoms with Gasteiger partial charge in [-0.05, 0) is 31.1 Å². The number of hydrogen-bond donors (Lipinski definition) is 2. The fraction of sp³-hybridized carbons (Fsp3) is 0.955. The van der Waals surface area contributed by atoms with E-state index in [9.17, 15) is 0 Å². The summed E-state index contributed by atoms with van der Waals surface area (Å²) in [5.74, 6) is 0.864. The Hall–Kier alpha value is -0.610. The molecule has 0 aliphatic heterocycles. The maximum absolute atomic E-state index is 9.00. The molecule has 0 aliphatic rings. The summed E-state index contributed by atoms with van der Waals surface area (Å²) < 4.78 is 5.71. The van der Waals surface area contributed by atoms with Crippen molar-refractivity contribution >= 4 is 5.97 Å². The van der Waals surface area contributed by atoms with Crippen LogP contribution in [0.5, 0.6) is 0 Å². The summed E-state index contributed by atoms with van der Waals surface area (Å²) in [6.45, 7) is 11.1. The minimum Gasteiger partial charge on any atom is -0.481 e. The minimum atomic E-state index is -0.833. The highest BCUT2D eigenvalue weighted by Gasteiger charge is 2.02. The van der Waals surface area contributed by atoms with Crippen LogP contribution < -0.4 is 5.73 Å². The van der Waals surface area contributed by atoms with Crippen LogP contribution in [0, 0.1) is 11.8 Å². The highest BCUT2D eigenvalue weighted by atomic mass is 16.5. The molecule has 3 N–H and O–H groups in total. The van der Waals surface area contributed by atoms with Gasteiger partial charge in [-0.3, -0.25) is 4.79 Å². The number of carboxylic acid groups (broad SMARTS) is 1. The van der Waals surface area contributed by atoms with E-state index in [1.807, 2.05) is 0 Å². The van der Waals surface area contributed by atoms with Crippen LogP contribution >= 0.6 is 0 Å². The van der Waals surface area contributed by atoms with Gasteiger partial charge in [0, 0.05) is 13.5 Å². The lowest BCUT2D eigenvalue weighted by Gasteiger charge is -2.13. The number of ether oxygens (including phenoxy) is 1. The molecular weight excluding hydrogens is 326 g/mol. The Balaban J connectivity index is 0. The number of rotatable bonds is 16. The molecule has 0 heterocycles. The van der Waals surface area contributed by atoms with Crippen molar-refractivity contribution < 1.29 is 14.6 Å². The van der Waals surface area contributed by atoms with E-state index >= 15 is 0 Å². The molecule has 0 aliphatic carbocycles. The molecule has 0 spiro atoms. The predicted molar refractivity (Wildman–Crippen MR) is 112 cm³/mol. The van der Waals surface area contributed by atoms with Crippen LogP contribution in [0.25, 0.3) is 0 Å². The first kappa shape index (κ1) is 27.6. The topological polar surface area (TPSA) is 72.5 Å². The lowest BCUT2D eigenvalue weighted by atomic mass is 10.0. The van der Waals surface area contributed by atoms with Crippen LogP contribution in [0.2, 0.25) is 0 Å². The van der Waals surface area contributed by atoms with Gasteiger partial charge in [-0.15, -0.1) is 0 Å². The molecule has 1 atom stereocenters. The van der Waals surface area contributed by atoms with Gasteiger partial charge in [-0.25, -0.2) is 0 Å². The van der Waals surface area contributed by atoms with E-state index in [0.717, 1.165) is 31.8 Å². The number of hydrogen-bond acceptors (Lipinski definition) is 3. The van der Waals surface area contributed by atoms with Gasteiger partial charge in [0.25, 0.3) is 5.97 Å². The van der Waals surface area contributed by atoms with Gasteiger partial charge >= 0.3 is 0 Å². The monoisotopic (exact) mass is 373 g/mol. The molecule has 1 unspecified atom stereocenters. The molecule has 0 saturated heterocycles. The molecule has 4 nitrogen and oxygen atoms in total. The van der Waals surface area contributed by atoms with Gasteiger partial charge in [-0.1, -0.05) is 85.5 Å². The second-order valence-corrected chi connectivity index (χ2v) is 8.26.